The highest BCUT2D eigenvalue weighted by Gasteiger charge is 2.29. The number of rotatable bonds is 6. The summed E-state index contributed by atoms with van der Waals surface area (Å²) in [6.45, 7) is 4.57. The number of piperidine rings is 2. The molecular weight excluding hydrogens is 512 g/mol. The van der Waals surface area contributed by atoms with E-state index >= 15 is 0 Å². The van der Waals surface area contributed by atoms with Crippen LogP contribution in [0.3, 0.4) is 0 Å². The van der Waals surface area contributed by atoms with Gasteiger partial charge in [0.15, 0.2) is 0 Å². The van der Waals surface area contributed by atoms with Gasteiger partial charge in [-0.3, -0.25) is 9.59 Å². The third-order valence-corrected chi connectivity index (χ3v) is 6.79. The number of nitrogens with one attached hydrogen (secondary N) is 1. The van der Waals surface area contributed by atoms with Crippen LogP contribution in [-0.4, -0.2) is 61.6 Å². The lowest BCUT2D eigenvalue weighted by atomic mass is 9.94. The largest absolute Gasteiger partial charge is 0.469 e. The fourth-order valence-corrected chi connectivity index (χ4v) is 5.23. The maximum atomic E-state index is 11.9. The highest BCUT2D eigenvalue weighted by molar-refractivity contribution is 8.93. The molecule has 0 radical (unpaired) electrons. The van der Waals surface area contributed by atoms with Crippen molar-refractivity contribution in [3.8, 4) is 0 Å². The molecule has 3 heterocycles. The molecule has 0 atom stereocenters. The van der Waals surface area contributed by atoms with Gasteiger partial charge >= 0.3 is 5.97 Å². The van der Waals surface area contributed by atoms with E-state index in [4.69, 9.17) is 10.5 Å². The lowest BCUT2D eigenvalue weighted by Crippen LogP contribution is -2.34. The molecule has 2 aliphatic rings. The van der Waals surface area contributed by atoms with E-state index in [-0.39, 0.29) is 39.9 Å². The first-order valence-corrected chi connectivity index (χ1v) is 10.2. The monoisotopic (exact) mass is 540 g/mol. The Morgan fingerprint density at radius 2 is 1.82 bits per heavy atom. The van der Waals surface area contributed by atoms with Crippen molar-refractivity contribution in [2.75, 3.05) is 39.8 Å². The first-order valence-electron chi connectivity index (χ1n) is 9.38. The van der Waals surface area contributed by atoms with E-state index in [1.165, 1.54) is 7.11 Å². The number of likely N-dealkylation sites (tertiary alicyclic amines) is 1. The van der Waals surface area contributed by atoms with Crippen LogP contribution in [0.25, 0.3) is 0 Å². The zero-order valence-corrected chi connectivity index (χ0v) is 20.4. The van der Waals surface area contributed by atoms with E-state index < -0.39 is 5.91 Å². The molecular formula is C18H30Br2N4O3S. The summed E-state index contributed by atoms with van der Waals surface area (Å²) >= 11 is 1.69. The zero-order valence-electron chi connectivity index (χ0n) is 16.1. The second kappa shape index (κ2) is 12.2. The number of halogens is 2. The first kappa shape index (κ1) is 25.5. The maximum absolute atomic E-state index is 11.9. The van der Waals surface area contributed by atoms with Crippen LogP contribution in [0.2, 0.25) is 0 Å². The van der Waals surface area contributed by atoms with Crippen LogP contribution in [-0.2, 0) is 9.53 Å². The van der Waals surface area contributed by atoms with E-state index in [9.17, 15) is 9.59 Å². The van der Waals surface area contributed by atoms with Gasteiger partial charge < -0.3 is 20.7 Å². The average Bonchev–Trinajstić information content (AvgIpc) is 3.13. The molecule has 28 heavy (non-hydrogen) atoms. The highest BCUT2D eigenvalue weighted by atomic mass is 79.9. The minimum atomic E-state index is -0.412. The third-order valence-electron chi connectivity index (χ3n) is 5.41. The van der Waals surface area contributed by atoms with Crippen molar-refractivity contribution in [1.29, 1.82) is 0 Å². The molecule has 7 nitrogen and oxygen atoms in total. The Balaban J connectivity index is 0.00000196. The molecule has 160 valence electrons. The van der Waals surface area contributed by atoms with Gasteiger partial charge in [0.05, 0.1) is 18.5 Å². The molecule has 2 aliphatic heterocycles. The second-order valence-corrected chi connectivity index (χ2v) is 8.16. The minimum Gasteiger partial charge on any atom is -0.469 e. The summed E-state index contributed by atoms with van der Waals surface area (Å²) in [5.74, 6) is 0.190. The number of carbonyl (C=O) groups is 2. The van der Waals surface area contributed by atoms with Crippen LogP contribution < -0.4 is 11.1 Å². The normalized spacial score (nSPS) is 18.8. The van der Waals surface area contributed by atoms with Crippen LogP contribution >= 0.6 is 45.3 Å². The Hall–Kier alpha value is -0.550. The number of methoxy groups -OCH3 is 1. The standard InChI is InChI=1S/C18H28N4O3S.2BrH/c1-25-14(23)6-11-22-9-4-12(5-10-22)16-15(17(19)24)21-18(26-16)13-2-7-20-8-3-13;;/h12-13,20H,2-11H2,1H3,(H2,19,24);2*1H. The topological polar surface area (TPSA) is 97.6 Å². The molecule has 2 saturated heterocycles. The number of aromatic nitrogens is 1. The van der Waals surface area contributed by atoms with Gasteiger partial charge in [0, 0.05) is 17.3 Å². The van der Waals surface area contributed by atoms with E-state index in [1.807, 2.05) is 0 Å². The van der Waals surface area contributed by atoms with Crippen molar-refractivity contribution in [3.05, 3.63) is 15.6 Å². The summed E-state index contributed by atoms with van der Waals surface area (Å²) in [5, 5.41) is 4.44. The van der Waals surface area contributed by atoms with Gasteiger partial charge in [0.1, 0.15) is 5.69 Å². The Kier molecular flexibility index (Phi) is 11.1. The quantitative estimate of drug-likeness (QED) is 0.537. The number of carbonyl (C=O) groups excluding carboxylic acids is 2. The first-order chi connectivity index (χ1) is 12.6. The fraction of sp³-hybridized carbons (Fsp3) is 0.722. The maximum Gasteiger partial charge on any atom is 0.306 e. The number of nitrogens with two attached hydrogens (primary N) is 1. The Labute approximate surface area is 191 Å². The summed E-state index contributed by atoms with van der Waals surface area (Å²) in [6, 6.07) is 0. The van der Waals surface area contributed by atoms with E-state index in [0.717, 1.165) is 68.3 Å². The average molecular weight is 542 g/mol. The second-order valence-electron chi connectivity index (χ2n) is 7.10. The summed E-state index contributed by atoms with van der Waals surface area (Å²) in [5.41, 5.74) is 6.10. The van der Waals surface area contributed by atoms with Gasteiger partial charge in [0.2, 0.25) is 0 Å². The van der Waals surface area contributed by atoms with Gasteiger partial charge in [-0.1, -0.05) is 0 Å². The molecule has 0 bridgehead atoms. The van der Waals surface area contributed by atoms with Crippen LogP contribution in [0.1, 0.15) is 64.3 Å². The van der Waals surface area contributed by atoms with Crippen LogP contribution in [0.15, 0.2) is 0 Å². The smallest absolute Gasteiger partial charge is 0.306 e. The number of nitrogens with zero attached hydrogens (tertiary/aromatic N) is 2. The van der Waals surface area contributed by atoms with Gasteiger partial charge in [-0.05, 0) is 57.8 Å². The number of hydrogen-bond donors (Lipinski definition) is 2. The predicted octanol–water partition coefficient (Wildman–Crippen LogP) is 2.61. The summed E-state index contributed by atoms with van der Waals surface area (Å²) in [7, 11) is 1.42. The van der Waals surface area contributed by atoms with Gasteiger partial charge in [0.25, 0.3) is 5.91 Å². The summed E-state index contributed by atoms with van der Waals surface area (Å²) in [4.78, 5) is 31.2. The van der Waals surface area contributed by atoms with E-state index in [1.54, 1.807) is 11.3 Å². The van der Waals surface area contributed by atoms with Crippen molar-refractivity contribution < 1.29 is 14.3 Å². The molecule has 3 N–H and O–H groups in total. The number of primary amides is 1. The van der Waals surface area contributed by atoms with Crippen LogP contribution in [0.4, 0.5) is 0 Å². The molecule has 2 fully saturated rings. The number of thiazole rings is 1. The highest BCUT2D eigenvalue weighted by Crippen LogP contribution is 2.38. The van der Waals surface area contributed by atoms with Gasteiger partial charge in [-0.2, -0.15) is 0 Å². The molecule has 10 heteroatoms. The Morgan fingerprint density at radius 1 is 1.18 bits per heavy atom. The lowest BCUT2D eigenvalue weighted by Gasteiger charge is -2.31. The molecule has 0 aromatic carbocycles. The van der Waals surface area contributed by atoms with E-state index in [2.05, 4.69) is 15.2 Å². The van der Waals surface area contributed by atoms with Crippen molar-refractivity contribution in [2.24, 2.45) is 5.73 Å². The van der Waals surface area contributed by atoms with Crippen molar-refractivity contribution >= 4 is 57.2 Å². The molecule has 1 amide bonds. The summed E-state index contributed by atoms with van der Waals surface area (Å²) in [6.07, 6.45) is 4.49. The summed E-state index contributed by atoms with van der Waals surface area (Å²) < 4.78 is 4.71. The number of esters is 1. The van der Waals surface area contributed by atoms with E-state index in [0.29, 0.717) is 24.0 Å². The van der Waals surface area contributed by atoms with Gasteiger partial charge in [-0.15, -0.1) is 45.3 Å². The molecule has 0 spiro atoms. The molecule has 1 aromatic rings. The minimum absolute atomic E-state index is 0. The van der Waals surface area contributed by atoms with Crippen molar-refractivity contribution in [1.82, 2.24) is 15.2 Å². The van der Waals surface area contributed by atoms with Crippen molar-refractivity contribution in [2.45, 2.75) is 43.9 Å². The third kappa shape index (κ3) is 6.48. The number of amides is 1. The molecule has 3 rings (SSSR count). The molecule has 0 aliphatic carbocycles. The van der Waals surface area contributed by atoms with Gasteiger partial charge in [-0.25, -0.2) is 4.98 Å². The Morgan fingerprint density at radius 3 is 2.39 bits per heavy atom. The molecule has 0 saturated carbocycles. The van der Waals surface area contributed by atoms with Crippen molar-refractivity contribution in [3.63, 3.8) is 0 Å². The fourth-order valence-electron chi connectivity index (χ4n) is 3.82. The number of hydrogen-bond acceptors (Lipinski definition) is 7. The molecule has 1 aromatic heterocycles. The molecule has 0 unspecified atom stereocenters. The predicted molar refractivity (Wildman–Crippen MR) is 121 cm³/mol. The lowest BCUT2D eigenvalue weighted by molar-refractivity contribution is -0.141. The van der Waals surface area contributed by atoms with Crippen LogP contribution in [0, 0.1) is 0 Å². The Bertz CT molecular complexity index is 645. The zero-order chi connectivity index (χ0) is 18.5. The van der Waals surface area contributed by atoms with Crippen LogP contribution in [0.5, 0.6) is 0 Å². The number of ether oxygens (including phenoxy) is 1. The SMILES string of the molecule is Br.Br.COC(=O)CCN1CCC(c2sc(C3CCNCC3)nc2C(N)=O)CC1.